The number of anilines is 1. The lowest BCUT2D eigenvalue weighted by Crippen LogP contribution is -2.32. The van der Waals surface area contributed by atoms with Gasteiger partial charge in [-0.2, -0.15) is 5.10 Å². The van der Waals surface area contributed by atoms with Crippen LogP contribution in [0.4, 0.5) is 5.69 Å². The monoisotopic (exact) mass is 500 g/mol. The zero-order valence-corrected chi connectivity index (χ0v) is 20.0. The van der Waals surface area contributed by atoms with Crippen molar-refractivity contribution in [3.8, 4) is 11.5 Å². The summed E-state index contributed by atoms with van der Waals surface area (Å²) >= 11 is 0. The van der Waals surface area contributed by atoms with E-state index < -0.39 is 21.8 Å². The molecule has 0 atom stereocenters. The second kappa shape index (κ2) is 11.3. The molecule has 0 unspecified atom stereocenters. The number of nitrogens with zero attached hydrogens (tertiary/aromatic N) is 1. The Hall–Kier alpha value is -4.16. The molecule has 0 aliphatic heterocycles. The third kappa shape index (κ3) is 6.91. The molecular weight excluding hydrogens is 476 g/mol. The minimum Gasteiger partial charge on any atom is -0.497 e. The Kier molecular flexibility index (Phi) is 8.23. The van der Waals surface area contributed by atoms with Gasteiger partial charge in [0.05, 0.1) is 37.6 Å². The zero-order chi connectivity index (χ0) is 25.4. The Bertz CT molecular complexity index is 1330. The van der Waals surface area contributed by atoms with E-state index in [4.69, 9.17) is 13.9 Å². The van der Waals surface area contributed by atoms with Crippen LogP contribution in [0.1, 0.15) is 17.1 Å². The van der Waals surface area contributed by atoms with Crippen LogP contribution in [-0.2, 0) is 26.2 Å². The van der Waals surface area contributed by atoms with Crippen molar-refractivity contribution in [2.45, 2.75) is 18.4 Å². The minimum atomic E-state index is -3.70. The number of benzene rings is 2. The van der Waals surface area contributed by atoms with Gasteiger partial charge in [0.15, 0.2) is 0 Å². The number of methoxy groups -OCH3 is 2. The van der Waals surface area contributed by atoms with E-state index >= 15 is 0 Å². The van der Waals surface area contributed by atoms with Crippen molar-refractivity contribution in [3.05, 3.63) is 71.7 Å². The summed E-state index contributed by atoms with van der Waals surface area (Å²) in [6.45, 7) is 1.78. The Morgan fingerprint density at radius 2 is 1.74 bits per heavy atom. The molecule has 2 amide bonds. The molecule has 0 aliphatic carbocycles. The van der Waals surface area contributed by atoms with Gasteiger partial charge in [0.25, 0.3) is 0 Å². The molecule has 3 rings (SSSR count). The fraction of sp³-hybridized carbons (Fsp3) is 0.174. The van der Waals surface area contributed by atoms with Gasteiger partial charge in [-0.3, -0.25) is 9.59 Å². The zero-order valence-electron chi connectivity index (χ0n) is 19.2. The van der Waals surface area contributed by atoms with Gasteiger partial charge in [0.2, 0.25) is 10.0 Å². The van der Waals surface area contributed by atoms with Crippen LogP contribution in [0.3, 0.4) is 0 Å². The van der Waals surface area contributed by atoms with Crippen LogP contribution in [0.2, 0.25) is 0 Å². The smallest absolute Gasteiger partial charge is 0.329 e. The number of hydrogen-bond donors (Lipinski definition) is 3. The Labute approximate surface area is 202 Å². The largest absolute Gasteiger partial charge is 0.497 e. The highest BCUT2D eigenvalue weighted by Crippen LogP contribution is 2.28. The number of aryl methyl sites for hydroxylation is 1. The van der Waals surface area contributed by atoms with Gasteiger partial charge in [0, 0.05) is 6.07 Å². The number of rotatable bonds is 9. The van der Waals surface area contributed by atoms with Crippen LogP contribution < -0.4 is 24.9 Å². The molecule has 0 bridgehead atoms. The Balaban J connectivity index is 1.52. The molecule has 3 aromatic rings. The van der Waals surface area contributed by atoms with Crippen molar-refractivity contribution in [3.63, 3.8) is 0 Å². The molecule has 35 heavy (non-hydrogen) atoms. The molecule has 12 heteroatoms. The number of sulfonamides is 1. The molecule has 1 heterocycles. The predicted octanol–water partition coefficient (Wildman–Crippen LogP) is 2.17. The van der Waals surface area contributed by atoms with Gasteiger partial charge in [-0.25, -0.2) is 18.6 Å². The number of nitrogens with one attached hydrogen (secondary N) is 3. The molecule has 0 spiro atoms. The van der Waals surface area contributed by atoms with E-state index in [9.17, 15) is 18.0 Å². The fourth-order valence-electron chi connectivity index (χ4n) is 2.81. The highest BCUT2D eigenvalue weighted by atomic mass is 32.2. The molecule has 184 valence electrons. The quantitative estimate of drug-likeness (QED) is 0.232. The molecule has 1 aromatic heterocycles. The van der Waals surface area contributed by atoms with E-state index in [1.54, 1.807) is 30.3 Å². The molecule has 0 saturated carbocycles. The summed E-state index contributed by atoms with van der Waals surface area (Å²) in [6.07, 6.45) is 1.18. The number of furan rings is 1. The van der Waals surface area contributed by atoms with Crippen LogP contribution in [-0.4, -0.2) is 40.7 Å². The molecule has 2 aromatic carbocycles. The predicted molar refractivity (Wildman–Crippen MR) is 128 cm³/mol. The number of hydrazone groups is 1. The number of hydrogen-bond acceptors (Lipinski definition) is 8. The number of carbonyl (C=O) groups is 2. The van der Waals surface area contributed by atoms with Crippen molar-refractivity contribution in [1.82, 2.24) is 10.1 Å². The van der Waals surface area contributed by atoms with Crippen molar-refractivity contribution in [2.24, 2.45) is 5.10 Å². The first-order valence-corrected chi connectivity index (χ1v) is 11.7. The maximum Gasteiger partial charge on any atom is 0.329 e. The highest BCUT2D eigenvalue weighted by Gasteiger charge is 2.16. The lowest BCUT2D eigenvalue weighted by Gasteiger charge is -2.10. The first-order chi connectivity index (χ1) is 16.7. The maximum atomic E-state index is 12.4. The highest BCUT2D eigenvalue weighted by molar-refractivity contribution is 7.89. The second-order valence-corrected chi connectivity index (χ2v) is 8.93. The van der Waals surface area contributed by atoms with Crippen LogP contribution >= 0.6 is 0 Å². The lowest BCUT2D eigenvalue weighted by molar-refractivity contribution is -0.136. The van der Waals surface area contributed by atoms with E-state index in [1.807, 2.05) is 6.92 Å². The Morgan fingerprint density at radius 3 is 2.43 bits per heavy atom. The van der Waals surface area contributed by atoms with Crippen LogP contribution in [0.5, 0.6) is 11.5 Å². The van der Waals surface area contributed by atoms with E-state index in [2.05, 4.69) is 20.6 Å². The summed E-state index contributed by atoms with van der Waals surface area (Å²) in [5, 5.41) is 6.10. The van der Waals surface area contributed by atoms with Gasteiger partial charge in [0.1, 0.15) is 23.0 Å². The van der Waals surface area contributed by atoms with E-state index in [0.717, 1.165) is 5.56 Å². The molecular formula is C23H24N4O7S. The van der Waals surface area contributed by atoms with Gasteiger partial charge in [-0.05, 0) is 43.3 Å². The van der Waals surface area contributed by atoms with Gasteiger partial charge >= 0.3 is 11.8 Å². The first-order valence-electron chi connectivity index (χ1n) is 10.2. The maximum absolute atomic E-state index is 12.4. The fourth-order valence-corrected chi connectivity index (χ4v) is 3.81. The van der Waals surface area contributed by atoms with Crippen molar-refractivity contribution in [2.75, 3.05) is 19.5 Å². The third-order valence-corrected chi connectivity index (χ3v) is 6.09. The summed E-state index contributed by atoms with van der Waals surface area (Å²) in [7, 11) is -0.793. The van der Waals surface area contributed by atoms with Crippen molar-refractivity contribution >= 4 is 33.7 Å². The topological polar surface area (TPSA) is 148 Å². The minimum absolute atomic E-state index is 0.0808. The summed E-state index contributed by atoms with van der Waals surface area (Å²) in [5.41, 5.74) is 3.31. The van der Waals surface area contributed by atoms with Gasteiger partial charge < -0.3 is 19.2 Å². The number of carbonyl (C=O) groups excluding carboxylic acids is 2. The second-order valence-electron chi connectivity index (χ2n) is 7.16. The normalized spacial score (nSPS) is 11.3. The summed E-state index contributed by atoms with van der Waals surface area (Å²) in [5.74, 6) is -0.567. The SMILES string of the molecule is COc1ccc(NC(=O)C(=O)N/N=C/c2ccc(CNS(=O)(=O)c3ccc(C)cc3)o2)c(OC)c1. The van der Waals surface area contributed by atoms with Crippen LogP contribution in [0, 0.1) is 6.92 Å². The molecule has 0 fully saturated rings. The summed E-state index contributed by atoms with van der Waals surface area (Å²) in [4.78, 5) is 24.3. The van der Waals surface area contributed by atoms with Crippen LogP contribution in [0.25, 0.3) is 0 Å². The molecule has 0 saturated heterocycles. The van der Waals surface area contributed by atoms with Gasteiger partial charge in [-0.15, -0.1) is 0 Å². The Morgan fingerprint density at radius 1 is 1.00 bits per heavy atom. The summed E-state index contributed by atoms with van der Waals surface area (Å²) in [6, 6.07) is 14.2. The van der Waals surface area contributed by atoms with E-state index in [1.165, 1.54) is 44.7 Å². The molecule has 0 radical (unpaired) electrons. The van der Waals surface area contributed by atoms with Crippen LogP contribution in [0.15, 0.2) is 69.0 Å². The first kappa shape index (κ1) is 25.5. The third-order valence-electron chi connectivity index (χ3n) is 4.67. The summed E-state index contributed by atoms with van der Waals surface area (Å²) < 4.78 is 42.9. The average molecular weight is 501 g/mol. The standard InChI is InChI=1S/C23H24N4O7S/c1-15-4-9-19(10-5-15)35(30,31)25-14-18-7-6-17(34-18)13-24-27-23(29)22(28)26-20-11-8-16(32-2)12-21(20)33-3/h4-13,25H,14H2,1-3H3,(H,26,28)(H,27,29)/b24-13+. The van der Waals surface area contributed by atoms with Gasteiger partial charge in [-0.1, -0.05) is 17.7 Å². The molecule has 3 N–H and O–H groups in total. The molecule has 11 nitrogen and oxygen atoms in total. The van der Waals surface area contributed by atoms with E-state index in [-0.39, 0.29) is 22.9 Å². The average Bonchev–Trinajstić information content (AvgIpc) is 3.31. The number of ether oxygens (including phenoxy) is 2. The lowest BCUT2D eigenvalue weighted by atomic mass is 10.2. The van der Waals surface area contributed by atoms with Crippen molar-refractivity contribution < 1.29 is 31.9 Å². The number of amides is 2. The molecule has 0 aliphatic rings. The van der Waals surface area contributed by atoms with E-state index in [0.29, 0.717) is 17.3 Å². The van der Waals surface area contributed by atoms with Crippen molar-refractivity contribution in [1.29, 1.82) is 0 Å².